The molecule has 4 rings (SSSR count). The summed E-state index contributed by atoms with van der Waals surface area (Å²) in [5, 5.41) is 10.7. The van der Waals surface area contributed by atoms with Gasteiger partial charge in [-0.25, -0.2) is 9.78 Å². The predicted octanol–water partition coefficient (Wildman–Crippen LogP) is 0.481. The van der Waals surface area contributed by atoms with E-state index in [4.69, 9.17) is 0 Å². The van der Waals surface area contributed by atoms with Gasteiger partial charge in [-0.3, -0.25) is 13.9 Å². The quantitative estimate of drug-likeness (QED) is 0.654. The maximum atomic E-state index is 12.9. The van der Waals surface area contributed by atoms with Crippen molar-refractivity contribution in [3.8, 4) is 0 Å². The molecule has 1 fully saturated rings. The third-order valence-electron chi connectivity index (χ3n) is 5.69. The molecule has 0 saturated carbocycles. The first-order valence-electron chi connectivity index (χ1n) is 10.0. The van der Waals surface area contributed by atoms with Crippen molar-refractivity contribution in [1.82, 2.24) is 23.6 Å². The molecule has 3 heterocycles. The molecule has 29 heavy (non-hydrogen) atoms. The van der Waals surface area contributed by atoms with Crippen LogP contribution in [-0.2, 0) is 27.1 Å². The largest absolute Gasteiger partial charge is 0.390 e. The van der Waals surface area contributed by atoms with Gasteiger partial charge in [0, 0.05) is 27.1 Å². The van der Waals surface area contributed by atoms with E-state index < -0.39 is 11.8 Å². The second-order valence-electron chi connectivity index (χ2n) is 7.84. The monoisotopic (exact) mass is 397 g/mol. The Morgan fingerprint density at radius 1 is 1.03 bits per heavy atom. The number of β-amino-alcohol motifs (C(OH)–C–C–N with tert-alkyl or cyclic N) is 1. The summed E-state index contributed by atoms with van der Waals surface area (Å²) in [5.74, 6) is 0.671. The standard InChI is InChI=1S/C21H27N5O3/c1-23-19-18(20(28)24(2)21(23)29)26(14-16(27)13-25-10-6-7-11-25)17(22-19)12-15-8-4-3-5-9-15/h3-5,8-9,16,27H,6-7,10-14H2,1-2H3/t16-/m0/s1. The smallest absolute Gasteiger partial charge is 0.332 e. The molecule has 0 bridgehead atoms. The van der Waals surface area contributed by atoms with Crippen LogP contribution < -0.4 is 11.2 Å². The van der Waals surface area contributed by atoms with Gasteiger partial charge in [0.15, 0.2) is 11.2 Å². The minimum absolute atomic E-state index is 0.266. The topological polar surface area (TPSA) is 85.3 Å². The molecule has 0 amide bonds. The average molecular weight is 397 g/mol. The molecule has 2 aromatic heterocycles. The summed E-state index contributed by atoms with van der Waals surface area (Å²) in [6.45, 7) is 2.82. The van der Waals surface area contributed by atoms with E-state index in [1.807, 2.05) is 30.3 Å². The number of hydrogen-bond donors (Lipinski definition) is 1. The first-order chi connectivity index (χ1) is 14.0. The fourth-order valence-electron chi connectivity index (χ4n) is 4.13. The van der Waals surface area contributed by atoms with Crippen molar-refractivity contribution in [3.05, 3.63) is 62.6 Å². The molecule has 8 nitrogen and oxygen atoms in total. The highest BCUT2D eigenvalue weighted by atomic mass is 16.3. The highest BCUT2D eigenvalue weighted by Gasteiger charge is 2.22. The molecule has 1 N–H and O–H groups in total. The third kappa shape index (κ3) is 3.77. The van der Waals surface area contributed by atoms with Gasteiger partial charge in [0.2, 0.25) is 0 Å². The van der Waals surface area contributed by atoms with E-state index in [1.165, 1.54) is 11.6 Å². The molecule has 3 aromatic rings. The van der Waals surface area contributed by atoms with Gasteiger partial charge >= 0.3 is 5.69 Å². The number of fused-ring (bicyclic) bond motifs is 1. The van der Waals surface area contributed by atoms with Crippen LogP contribution in [-0.4, -0.2) is 54.4 Å². The summed E-state index contributed by atoms with van der Waals surface area (Å²) in [7, 11) is 3.09. The van der Waals surface area contributed by atoms with Gasteiger partial charge in [0.25, 0.3) is 5.56 Å². The lowest BCUT2D eigenvalue weighted by molar-refractivity contribution is 0.109. The molecule has 8 heteroatoms. The lowest BCUT2D eigenvalue weighted by atomic mass is 10.1. The highest BCUT2D eigenvalue weighted by molar-refractivity contribution is 5.71. The van der Waals surface area contributed by atoms with Crippen molar-refractivity contribution in [2.24, 2.45) is 14.1 Å². The Morgan fingerprint density at radius 3 is 2.41 bits per heavy atom. The fraction of sp³-hybridized carbons (Fsp3) is 0.476. The van der Waals surface area contributed by atoms with Crippen LogP contribution in [0.4, 0.5) is 0 Å². The molecular formula is C21H27N5O3. The van der Waals surface area contributed by atoms with E-state index in [0.717, 1.165) is 36.1 Å². The molecule has 1 aliphatic rings. The highest BCUT2D eigenvalue weighted by Crippen LogP contribution is 2.17. The number of rotatable bonds is 6. The number of aromatic nitrogens is 4. The number of hydrogen-bond acceptors (Lipinski definition) is 5. The molecular weight excluding hydrogens is 370 g/mol. The van der Waals surface area contributed by atoms with Crippen LogP contribution in [0.3, 0.4) is 0 Å². The SMILES string of the molecule is Cn1c(=O)c2c(nc(Cc3ccccc3)n2C[C@@H](O)CN2CCCC2)n(C)c1=O. The Balaban J connectivity index is 1.78. The van der Waals surface area contributed by atoms with Gasteiger partial charge in [-0.1, -0.05) is 30.3 Å². The number of aryl methyl sites for hydroxylation is 1. The summed E-state index contributed by atoms with van der Waals surface area (Å²) >= 11 is 0. The summed E-state index contributed by atoms with van der Waals surface area (Å²) in [5.41, 5.74) is 0.984. The van der Waals surface area contributed by atoms with Gasteiger partial charge < -0.3 is 14.6 Å². The first-order valence-corrected chi connectivity index (χ1v) is 10.0. The van der Waals surface area contributed by atoms with Gasteiger partial charge in [-0.2, -0.15) is 0 Å². The Bertz CT molecular complexity index is 1120. The van der Waals surface area contributed by atoms with E-state index in [1.54, 1.807) is 11.6 Å². The summed E-state index contributed by atoms with van der Waals surface area (Å²) in [4.78, 5) is 32.2. The molecule has 0 unspecified atom stereocenters. The Kier molecular flexibility index (Phi) is 5.38. The van der Waals surface area contributed by atoms with Crippen LogP contribution in [0, 0.1) is 0 Å². The van der Waals surface area contributed by atoms with E-state index in [2.05, 4.69) is 9.88 Å². The van der Waals surface area contributed by atoms with Crippen LogP contribution in [0.1, 0.15) is 24.2 Å². The molecule has 1 aromatic carbocycles. The number of aliphatic hydroxyl groups is 1. The fourth-order valence-corrected chi connectivity index (χ4v) is 4.13. The average Bonchev–Trinajstić information content (AvgIpc) is 3.34. The molecule has 1 atom stereocenters. The van der Waals surface area contributed by atoms with Crippen LogP contribution in [0.15, 0.2) is 39.9 Å². The van der Waals surface area contributed by atoms with Crippen molar-refractivity contribution >= 4 is 11.2 Å². The lowest BCUT2D eigenvalue weighted by Gasteiger charge is -2.20. The molecule has 0 aliphatic carbocycles. The molecule has 154 valence electrons. The van der Waals surface area contributed by atoms with Gasteiger partial charge in [0.05, 0.1) is 12.6 Å². The number of aliphatic hydroxyl groups excluding tert-OH is 1. The van der Waals surface area contributed by atoms with Crippen LogP contribution >= 0.6 is 0 Å². The Labute approximate surface area is 168 Å². The van der Waals surface area contributed by atoms with Crippen molar-refractivity contribution in [2.75, 3.05) is 19.6 Å². The number of likely N-dealkylation sites (tertiary alicyclic amines) is 1. The van der Waals surface area contributed by atoms with Gasteiger partial charge in [0.1, 0.15) is 5.82 Å². The van der Waals surface area contributed by atoms with Crippen LogP contribution in [0.2, 0.25) is 0 Å². The minimum atomic E-state index is -0.623. The zero-order chi connectivity index (χ0) is 20.5. The van der Waals surface area contributed by atoms with Gasteiger partial charge in [-0.15, -0.1) is 0 Å². The van der Waals surface area contributed by atoms with Gasteiger partial charge in [-0.05, 0) is 31.5 Å². The van der Waals surface area contributed by atoms with Crippen molar-refractivity contribution < 1.29 is 5.11 Å². The second kappa shape index (κ2) is 7.96. The zero-order valence-corrected chi connectivity index (χ0v) is 16.9. The van der Waals surface area contributed by atoms with Crippen molar-refractivity contribution in [3.63, 3.8) is 0 Å². The maximum absolute atomic E-state index is 12.9. The maximum Gasteiger partial charge on any atom is 0.332 e. The zero-order valence-electron chi connectivity index (χ0n) is 16.9. The van der Waals surface area contributed by atoms with Crippen LogP contribution in [0.25, 0.3) is 11.2 Å². The molecule has 0 radical (unpaired) electrons. The van der Waals surface area contributed by atoms with Crippen molar-refractivity contribution in [1.29, 1.82) is 0 Å². The first kappa shape index (κ1) is 19.6. The molecule has 1 aliphatic heterocycles. The normalized spacial score (nSPS) is 16.0. The minimum Gasteiger partial charge on any atom is -0.390 e. The van der Waals surface area contributed by atoms with E-state index in [9.17, 15) is 14.7 Å². The van der Waals surface area contributed by atoms with Crippen LogP contribution in [0.5, 0.6) is 0 Å². The summed E-state index contributed by atoms with van der Waals surface area (Å²) < 4.78 is 4.29. The number of benzene rings is 1. The third-order valence-corrected chi connectivity index (χ3v) is 5.69. The van der Waals surface area contributed by atoms with E-state index in [0.29, 0.717) is 30.0 Å². The number of imidazole rings is 1. The summed E-state index contributed by atoms with van der Waals surface area (Å²) in [6, 6.07) is 9.87. The molecule has 1 saturated heterocycles. The molecule has 0 spiro atoms. The Hall–Kier alpha value is -2.71. The van der Waals surface area contributed by atoms with Crippen molar-refractivity contribution in [2.45, 2.75) is 31.9 Å². The predicted molar refractivity (Wildman–Crippen MR) is 111 cm³/mol. The van der Waals surface area contributed by atoms with E-state index in [-0.39, 0.29) is 12.1 Å². The van der Waals surface area contributed by atoms with E-state index >= 15 is 0 Å². The Morgan fingerprint density at radius 2 is 1.72 bits per heavy atom. The number of nitrogens with zero attached hydrogens (tertiary/aromatic N) is 5. The lowest BCUT2D eigenvalue weighted by Crippen LogP contribution is -2.38. The second-order valence-corrected chi connectivity index (χ2v) is 7.84. The summed E-state index contributed by atoms with van der Waals surface area (Å²) in [6.07, 6.45) is 2.20.